The molecule has 0 radical (unpaired) electrons. The van der Waals surface area contributed by atoms with Gasteiger partial charge in [0.05, 0.1) is 24.0 Å². The summed E-state index contributed by atoms with van der Waals surface area (Å²) < 4.78 is 71.1. The zero-order valence-electron chi connectivity index (χ0n) is 20.9. The Morgan fingerprint density at radius 2 is 1.82 bits per heavy atom. The number of aromatic nitrogens is 4. The summed E-state index contributed by atoms with van der Waals surface area (Å²) in [6, 6.07) is 3.92. The van der Waals surface area contributed by atoms with Crippen LogP contribution in [0, 0.1) is 0 Å². The Hall–Kier alpha value is -3.88. The number of fused-ring (bicyclic) bond motifs is 2. The van der Waals surface area contributed by atoms with Gasteiger partial charge in [-0.3, -0.25) is 9.20 Å². The van der Waals surface area contributed by atoms with E-state index in [4.69, 9.17) is 24.4 Å². The number of alkyl halides is 5. The predicted octanol–water partition coefficient (Wildman–Crippen LogP) is 4.56. The highest BCUT2D eigenvalue weighted by atomic mass is 19.4. The Morgan fingerprint density at radius 3 is 2.36 bits per heavy atom. The lowest BCUT2D eigenvalue weighted by molar-refractivity contribution is -0.192. The van der Waals surface area contributed by atoms with Crippen molar-refractivity contribution < 1.29 is 46.1 Å². The van der Waals surface area contributed by atoms with Gasteiger partial charge in [0.25, 0.3) is 12.3 Å². The van der Waals surface area contributed by atoms with E-state index in [1.807, 2.05) is 20.0 Å². The quantitative estimate of drug-likeness (QED) is 0.423. The summed E-state index contributed by atoms with van der Waals surface area (Å²) in [5.41, 5.74) is 0.418. The van der Waals surface area contributed by atoms with Crippen molar-refractivity contribution in [1.29, 1.82) is 0 Å². The molecule has 0 spiro atoms. The van der Waals surface area contributed by atoms with Crippen LogP contribution in [0.15, 0.2) is 30.6 Å². The summed E-state index contributed by atoms with van der Waals surface area (Å²) in [6.07, 6.45) is -2.68. The van der Waals surface area contributed by atoms with Crippen molar-refractivity contribution in [2.75, 3.05) is 11.9 Å². The van der Waals surface area contributed by atoms with Crippen LogP contribution in [0.2, 0.25) is 0 Å². The van der Waals surface area contributed by atoms with Crippen LogP contribution < -0.4 is 10.1 Å². The summed E-state index contributed by atoms with van der Waals surface area (Å²) in [5.74, 6) is -2.75. The third kappa shape index (κ3) is 5.92. The summed E-state index contributed by atoms with van der Waals surface area (Å²) in [7, 11) is 0. The molecular weight excluding hydrogens is 533 g/mol. The number of aliphatic carboxylic acids is 1. The molecule has 3 fully saturated rings. The molecule has 3 aliphatic rings. The predicted molar refractivity (Wildman–Crippen MR) is 125 cm³/mol. The van der Waals surface area contributed by atoms with Crippen LogP contribution in [0.1, 0.15) is 61.9 Å². The van der Waals surface area contributed by atoms with Gasteiger partial charge in [-0.25, -0.2) is 23.5 Å². The van der Waals surface area contributed by atoms with Crippen molar-refractivity contribution in [1.82, 2.24) is 19.4 Å². The lowest BCUT2D eigenvalue weighted by Crippen LogP contribution is -2.45. The highest BCUT2D eigenvalue weighted by Crippen LogP contribution is 2.58. The fourth-order valence-corrected chi connectivity index (χ4v) is 4.60. The number of nitrogens with zero attached hydrogens (tertiary/aromatic N) is 4. The van der Waals surface area contributed by atoms with Crippen LogP contribution in [0.4, 0.5) is 27.6 Å². The summed E-state index contributed by atoms with van der Waals surface area (Å²) >= 11 is 0. The van der Waals surface area contributed by atoms with E-state index < -0.39 is 30.2 Å². The monoisotopic (exact) mass is 557 g/mol. The minimum atomic E-state index is -5.08. The highest BCUT2D eigenvalue weighted by Gasteiger charge is 2.61. The zero-order valence-corrected chi connectivity index (χ0v) is 20.9. The fraction of sp³-hybridized carbons (Fsp3) is 0.458. The van der Waals surface area contributed by atoms with Crippen molar-refractivity contribution in [2.45, 2.75) is 63.3 Å². The summed E-state index contributed by atoms with van der Waals surface area (Å²) in [5, 5.41) is 9.81. The van der Waals surface area contributed by atoms with E-state index >= 15 is 0 Å². The van der Waals surface area contributed by atoms with Gasteiger partial charge in [-0.1, -0.05) is 6.07 Å². The topological polar surface area (TPSA) is 128 Å². The number of halogens is 5. The molecule has 39 heavy (non-hydrogen) atoms. The van der Waals surface area contributed by atoms with Gasteiger partial charge in [0.1, 0.15) is 17.1 Å². The van der Waals surface area contributed by atoms with Crippen LogP contribution in [-0.4, -0.2) is 60.8 Å². The first-order valence-electron chi connectivity index (χ1n) is 11.7. The minimum Gasteiger partial charge on any atom is -0.475 e. The minimum absolute atomic E-state index is 0.0754. The van der Waals surface area contributed by atoms with Gasteiger partial charge in [0, 0.05) is 17.8 Å². The Labute approximate surface area is 218 Å². The Balaban J connectivity index is 0.000000448. The number of carboxylic acid groups (broad SMARTS) is 1. The number of hydrogen-bond acceptors (Lipinski definition) is 7. The first kappa shape index (κ1) is 28.1. The van der Waals surface area contributed by atoms with Crippen molar-refractivity contribution in [3.63, 3.8) is 0 Å². The van der Waals surface area contributed by atoms with Crippen molar-refractivity contribution in [3.05, 3.63) is 47.7 Å². The van der Waals surface area contributed by atoms with Crippen molar-refractivity contribution in [2.24, 2.45) is 0 Å². The van der Waals surface area contributed by atoms with E-state index in [0.717, 1.165) is 18.5 Å². The third-order valence-electron chi connectivity index (χ3n) is 6.14. The molecule has 3 aromatic heterocycles. The molecule has 0 aromatic carbocycles. The molecular formula is C24H24F5N5O5. The smallest absolute Gasteiger partial charge is 0.475 e. The van der Waals surface area contributed by atoms with Crippen LogP contribution in [0.25, 0.3) is 5.78 Å². The molecule has 2 N–H and O–H groups in total. The molecule has 1 saturated carbocycles. The zero-order chi connectivity index (χ0) is 28.8. The second-order valence-corrected chi connectivity index (χ2v) is 9.84. The van der Waals surface area contributed by atoms with Gasteiger partial charge in [-0.15, -0.1) is 0 Å². The number of carbonyl (C=O) groups excluding carboxylic acids is 1. The molecule has 2 aliphatic heterocycles. The Bertz CT molecular complexity index is 1400. The van der Waals surface area contributed by atoms with Crippen molar-refractivity contribution >= 4 is 23.3 Å². The van der Waals surface area contributed by atoms with E-state index in [0.29, 0.717) is 18.1 Å². The maximum Gasteiger partial charge on any atom is 0.490 e. The molecule has 0 atom stereocenters. The van der Waals surface area contributed by atoms with Crippen LogP contribution in [0.5, 0.6) is 5.88 Å². The van der Waals surface area contributed by atoms with E-state index in [-0.39, 0.29) is 28.7 Å². The maximum atomic E-state index is 13.0. The average Bonchev–Trinajstić information content (AvgIpc) is 3.49. The lowest BCUT2D eigenvalue weighted by Gasteiger charge is -2.41. The first-order chi connectivity index (χ1) is 18.1. The summed E-state index contributed by atoms with van der Waals surface area (Å²) in [6.45, 7) is 6.41. The highest BCUT2D eigenvalue weighted by molar-refractivity contribution is 6.03. The number of rotatable bonds is 6. The first-order valence-corrected chi connectivity index (χ1v) is 11.7. The number of ether oxygens (including phenoxy) is 2. The van der Waals surface area contributed by atoms with Gasteiger partial charge in [0.15, 0.2) is 0 Å². The number of anilines is 1. The third-order valence-corrected chi connectivity index (χ3v) is 6.14. The molecule has 1 aliphatic carbocycles. The molecule has 0 unspecified atom stereocenters. The number of carboxylic acids is 1. The van der Waals surface area contributed by atoms with Gasteiger partial charge in [0.2, 0.25) is 11.7 Å². The second kappa shape index (κ2) is 10.0. The van der Waals surface area contributed by atoms with Gasteiger partial charge in [-0.2, -0.15) is 18.2 Å². The molecule has 2 saturated heterocycles. The number of amides is 1. The molecule has 10 nitrogen and oxygen atoms in total. The molecule has 1 amide bonds. The number of nitrogens with one attached hydrogen (secondary N) is 1. The van der Waals surface area contributed by atoms with Crippen LogP contribution in [-0.2, 0) is 14.9 Å². The number of pyridine rings is 1. The fourth-order valence-electron chi connectivity index (χ4n) is 4.60. The maximum absolute atomic E-state index is 13.0. The van der Waals surface area contributed by atoms with Crippen LogP contribution >= 0.6 is 0 Å². The SMILES string of the molecule is CC(C)Oc1nc2nc(C34COC(C)(C3)C4)cn2cc1NC(=O)c1cccc(C(F)F)n1.O=C(O)C(F)(F)F. The van der Waals surface area contributed by atoms with Gasteiger partial charge >= 0.3 is 12.1 Å². The molecule has 210 valence electrons. The Kier molecular flexibility index (Phi) is 7.23. The van der Waals surface area contributed by atoms with E-state index in [1.165, 1.54) is 18.2 Å². The average molecular weight is 557 g/mol. The van der Waals surface area contributed by atoms with Crippen molar-refractivity contribution in [3.8, 4) is 5.88 Å². The molecule has 6 rings (SSSR count). The number of carbonyl (C=O) groups is 2. The molecule has 15 heteroatoms. The summed E-state index contributed by atoms with van der Waals surface area (Å²) in [4.78, 5) is 34.6. The number of imidazole rings is 1. The number of hydrogen-bond donors (Lipinski definition) is 2. The van der Waals surface area contributed by atoms with Gasteiger partial charge < -0.3 is 19.9 Å². The molecule has 5 heterocycles. The lowest BCUT2D eigenvalue weighted by atomic mass is 9.62. The second-order valence-electron chi connectivity index (χ2n) is 9.84. The molecule has 3 aromatic rings. The van der Waals surface area contributed by atoms with E-state index in [9.17, 15) is 26.7 Å². The standard InChI is InChI=1S/C22H23F2N5O3.C2HF3O2/c1-12(2)32-19-15(26-18(30)14-6-4-5-13(25-14)17(23)24)7-29-8-16(27-20(29)28-19)22-9-21(3,10-22)31-11-22;3-2(4,5)1(6)7/h4-8,12,17H,9-11H2,1-3H3,(H,26,30);(H,6,7). The van der Waals surface area contributed by atoms with E-state index in [1.54, 1.807) is 10.6 Å². The van der Waals surface area contributed by atoms with Gasteiger partial charge in [-0.05, 0) is 45.7 Å². The normalized spacial score (nSPS) is 21.9. The van der Waals surface area contributed by atoms with E-state index in [2.05, 4.69) is 22.2 Å². The molecule has 2 bridgehead atoms. The Morgan fingerprint density at radius 1 is 1.15 bits per heavy atom. The largest absolute Gasteiger partial charge is 0.490 e. The van der Waals surface area contributed by atoms with Crippen LogP contribution in [0.3, 0.4) is 0 Å².